The number of aromatic nitrogens is 1. The Morgan fingerprint density at radius 1 is 1.30 bits per heavy atom. The molecule has 0 unspecified atom stereocenters. The molecule has 1 N–H and O–H groups in total. The Bertz CT molecular complexity index is 510. The van der Waals surface area contributed by atoms with Gasteiger partial charge in [-0.25, -0.2) is 4.98 Å². The summed E-state index contributed by atoms with van der Waals surface area (Å²) in [6.07, 6.45) is 4.05. The quantitative estimate of drug-likeness (QED) is 0.840. The minimum Gasteiger partial charge on any atom is -0.378 e. The van der Waals surface area contributed by atoms with Crippen molar-refractivity contribution in [2.24, 2.45) is 0 Å². The van der Waals surface area contributed by atoms with E-state index < -0.39 is 0 Å². The van der Waals surface area contributed by atoms with Crippen molar-refractivity contribution in [1.82, 2.24) is 9.88 Å². The number of nitrogens with zero attached hydrogens (tertiary/aromatic N) is 2. The first-order valence-electron chi connectivity index (χ1n) is 6.12. The molecule has 0 atom stereocenters. The Labute approximate surface area is 124 Å². The molecule has 20 heavy (non-hydrogen) atoms. The Hall–Kier alpha value is -1.73. The zero-order valence-electron chi connectivity index (χ0n) is 10.7. The van der Waals surface area contributed by atoms with Crippen LogP contribution < -0.4 is 5.32 Å². The van der Waals surface area contributed by atoms with E-state index in [1.165, 1.54) is 12.2 Å². The number of rotatable bonds is 3. The Kier molecular flexibility index (Phi) is 5.25. The topological polar surface area (TPSA) is 71.5 Å². The summed E-state index contributed by atoms with van der Waals surface area (Å²) in [7, 11) is 0. The molecule has 6 nitrogen and oxygen atoms in total. The first-order chi connectivity index (χ1) is 9.65. The summed E-state index contributed by atoms with van der Waals surface area (Å²) in [5.41, 5.74) is 0. The number of anilines is 1. The average molecular weight is 340 g/mol. The number of hydrogen-bond acceptors (Lipinski definition) is 4. The van der Waals surface area contributed by atoms with Crippen LogP contribution >= 0.6 is 15.9 Å². The summed E-state index contributed by atoms with van der Waals surface area (Å²) >= 11 is 3.26. The normalized spacial score (nSPS) is 15.3. The minimum absolute atomic E-state index is 0.188. The maximum atomic E-state index is 11.8. The number of morpholine rings is 1. The van der Waals surface area contributed by atoms with Crippen molar-refractivity contribution in [3.05, 3.63) is 35.0 Å². The van der Waals surface area contributed by atoms with Crippen molar-refractivity contribution in [3.8, 4) is 0 Å². The van der Waals surface area contributed by atoms with Crippen molar-refractivity contribution >= 4 is 33.6 Å². The lowest BCUT2D eigenvalue weighted by atomic mass is 10.3. The summed E-state index contributed by atoms with van der Waals surface area (Å²) < 4.78 is 5.98. The highest BCUT2D eigenvalue weighted by Crippen LogP contribution is 2.10. The first kappa shape index (κ1) is 14.7. The molecule has 2 heterocycles. The van der Waals surface area contributed by atoms with Crippen molar-refractivity contribution < 1.29 is 14.3 Å². The van der Waals surface area contributed by atoms with Gasteiger partial charge in [-0.2, -0.15) is 0 Å². The van der Waals surface area contributed by atoms with Crippen molar-refractivity contribution in [2.45, 2.75) is 0 Å². The maximum absolute atomic E-state index is 11.8. The minimum atomic E-state index is -0.388. The van der Waals surface area contributed by atoms with Crippen molar-refractivity contribution in [3.63, 3.8) is 0 Å². The van der Waals surface area contributed by atoms with Crippen LogP contribution in [-0.2, 0) is 14.3 Å². The van der Waals surface area contributed by atoms with E-state index in [9.17, 15) is 9.59 Å². The molecule has 1 aromatic heterocycles. The van der Waals surface area contributed by atoms with Gasteiger partial charge in [-0.3, -0.25) is 9.59 Å². The highest BCUT2D eigenvalue weighted by atomic mass is 79.9. The highest BCUT2D eigenvalue weighted by Gasteiger charge is 2.14. The monoisotopic (exact) mass is 339 g/mol. The van der Waals surface area contributed by atoms with Crippen LogP contribution in [0.3, 0.4) is 0 Å². The van der Waals surface area contributed by atoms with Crippen molar-refractivity contribution in [1.29, 1.82) is 0 Å². The predicted octanol–water partition coefficient (Wildman–Crippen LogP) is 1.20. The number of hydrogen-bond donors (Lipinski definition) is 1. The molecule has 1 saturated heterocycles. The van der Waals surface area contributed by atoms with E-state index in [-0.39, 0.29) is 11.8 Å². The third kappa shape index (κ3) is 4.43. The molecule has 0 aromatic carbocycles. The molecule has 2 rings (SSSR count). The SMILES string of the molecule is O=C(C=CC(=O)N1CCOCC1)Nc1ccc(Br)cn1. The number of amides is 2. The molecule has 2 amide bonds. The summed E-state index contributed by atoms with van der Waals surface area (Å²) in [5.74, 6) is -0.143. The van der Waals surface area contributed by atoms with Gasteiger partial charge in [0.1, 0.15) is 5.82 Å². The molecular formula is C13H14BrN3O3. The second-order valence-electron chi connectivity index (χ2n) is 4.12. The van der Waals surface area contributed by atoms with Crippen molar-refractivity contribution in [2.75, 3.05) is 31.6 Å². The smallest absolute Gasteiger partial charge is 0.249 e. The van der Waals surface area contributed by atoms with Crippen LogP contribution in [0.2, 0.25) is 0 Å². The standard InChI is InChI=1S/C13H14BrN3O3/c14-10-1-2-11(15-9-10)16-12(18)3-4-13(19)17-5-7-20-8-6-17/h1-4,9H,5-8H2,(H,15,16,18). The van der Waals surface area contributed by atoms with E-state index in [0.717, 1.165) is 4.47 Å². The van der Waals surface area contributed by atoms with Crippen LogP contribution in [0.5, 0.6) is 0 Å². The van der Waals surface area contributed by atoms with Crippen LogP contribution in [0, 0.1) is 0 Å². The second-order valence-corrected chi connectivity index (χ2v) is 5.04. The van der Waals surface area contributed by atoms with Crippen LogP contribution in [0.1, 0.15) is 0 Å². The highest BCUT2D eigenvalue weighted by molar-refractivity contribution is 9.10. The molecule has 1 aliphatic heterocycles. The van der Waals surface area contributed by atoms with Gasteiger partial charge in [0, 0.05) is 35.9 Å². The van der Waals surface area contributed by atoms with E-state index in [4.69, 9.17) is 4.74 Å². The van der Waals surface area contributed by atoms with Gasteiger partial charge in [-0.15, -0.1) is 0 Å². The number of carbonyl (C=O) groups is 2. The first-order valence-corrected chi connectivity index (χ1v) is 6.92. The van der Waals surface area contributed by atoms with Gasteiger partial charge in [0.05, 0.1) is 13.2 Å². The van der Waals surface area contributed by atoms with Crippen LogP contribution in [0.4, 0.5) is 5.82 Å². The molecule has 0 saturated carbocycles. The van der Waals surface area contributed by atoms with Gasteiger partial charge in [-0.1, -0.05) is 0 Å². The fourth-order valence-corrected chi connectivity index (χ4v) is 1.89. The average Bonchev–Trinajstić information content (AvgIpc) is 2.48. The van der Waals surface area contributed by atoms with E-state index in [2.05, 4.69) is 26.2 Å². The number of ether oxygens (including phenoxy) is 1. The van der Waals surface area contributed by atoms with E-state index >= 15 is 0 Å². The summed E-state index contributed by atoms with van der Waals surface area (Å²) in [6.45, 7) is 2.18. The molecule has 7 heteroatoms. The predicted molar refractivity (Wildman–Crippen MR) is 77.1 cm³/mol. The summed E-state index contributed by atoms with van der Waals surface area (Å²) in [5, 5.41) is 2.57. The fraction of sp³-hybridized carbons (Fsp3) is 0.308. The number of nitrogens with one attached hydrogen (secondary N) is 1. The molecule has 0 radical (unpaired) electrons. The Balaban J connectivity index is 1.85. The second kappa shape index (κ2) is 7.16. The largest absolute Gasteiger partial charge is 0.378 e. The third-order valence-corrected chi connectivity index (χ3v) is 3.15. The zero-order valence-corrected chi connectivity index (χ0v) is 12.3. The summed E-state index contributed by atoms with van der Waals surface area (Å²) in [6, 6.07) is 3.44. The fourth-order valence-electron chi connectivity index (χ4n) is 1.65. The third-order valence-electron chi connectivity index (χ3n) is 2.68. The number of halogens is 1. The molecule has 106 valence electrons. The molecule has 1 aliphatic rings. The molecule has 0 aliphatic carbocycles. The molecule has 1 aromatic rings. The summed E-state index contributed by atoms with van der Waals surface area (Å²) in [4.78, 5) is 29.1. The number of pyridine rings is 1. The lowest BCUT2D eigenvalue weighted by Gasteiger charge is -2.25. The zero-order chi connectivity index (χ0) is 14.4. The molecular weight excluding hydrogens is 326 g/mol. The van der Waals surface area contributed by atoms with Gasteiger partial charge in [0.25, 0.3) is 0 Å². The lowest BCUT2D eigenvalue weighted by molar-refractivity contribution is -0.130. The Morgan fingerprint density at radius 3 is 2.70 bits per heavy atom. The molecule has 1 fully saturated rings. The lowest BCUT2D eigenvalue weighted by Crippen LogP contribution is -2.39. The van der Waals surface area contributed by atoms with Gasteiger partial charge in [0.2, 0.25) is 11.8 Å². The van der Waals surface area contributed by atoms with Crippen LogP contribution in [0.15, 0.2) is 35.0 Å². The van der Waals surface area contributed by atoms with E-state index in [1.807, 2.05) is 0 Å². The van der Waals surface area contributed by atoms with Gasteiger partial charge < -0.3 is 15.0 Å². The van der Waals surface area contributed by atoms with Crippen LogP contribution in [-0.4, -0.2) is 48.0 Å². The number of carbonyl (C=O) groups excluding carboxylic acids is 2. The van der Waals surface area contributed by atoms with Gasteiger partial charge >= 0.3 is 0 Å². The maximum Gasteiger partial charge on any atom is 0.249 e. The molecule has 0 spiro atoms. The van der Waals surface area contributed by atoms with Crippen LogP contribution in [0.25, 0.3) is 0 Å². The Morgan fingerprint density at radius 2 is 2.05 bits per heavy atom. The molecule has 0 bridgehead atoms. The van der Waals surface area contributed by atoms with Gasteiger partial charge in [-0.05, 0) is 28.1 Å². The van der Waals surface area contributed by atoms with Gasteiger partial charge in [0.15, 0.2) is 0 Å². The van der Waals surface area contributed by atoms with E-state index in [0.29, 0.717) is 32.1 Å². The van der Waals surface area contributed by atoms with E-state index in [1.54, 1.807) is 23.2 Å².